The minimum absolute atomic E-state index is 0.132. The van der Waals surface area contributed by atoms with E-state index in [9.17, 15) is 17.6 Å². The molecule has 1 atom stereocenters. The molecule has 1 saturated heterocycles. The van der Waals surface area contributed by atoms with Crippen molar-refractivity contribution in [3.05, 3.63) is 69.8 Å². The predicted molar refractivity (Wildman–Crippen MR) is 159 cm³/mol. The molecule has 42 heavy (non-hydrogen) atoms. The normalized spacial score (nSPS) is 31.7. The van der Waals surface area contributed by atoms with Crippen LogP contribution >= 0.6 is 0 Å². The minimum atomic E-state index is -0.704. The van der Waals surface area contributed by atoms with Gasteiger partial charge < -0.3 is 4.74 Å². The number of aryl methyl sites for hydroxylation is 1. The van der Waals surface area contributed by atoms with Gasteiger partial charge >= 0.3 is 0 Å². The molecule has 6 rings (SSSR count). The average Bonchev–Trinajstić information content (AvgIpc) is 3.86. The summed E-state index contributed by atoms with van der Waals surface area (Å²) in [5.41, 5.74) is 2.04. The van der Waals surface area contributed by atoms with Gasteiger partial charge in [0.2, 0.25) is 0 Å². The minimum Gasteiger partial charge on any atom is -0.368 e. The molecule has 1 unspecified atom stereocenters. The van der Waals surface area contributed by atoms with Crippen molar-refractivity contribution in [3.63, 3.8) is 0 Å². The van der Waals surface area contributed by atoms with Crippen molar-refractivity contribution in [2.75, 3.05) is 6.61 Å². The van der Waals surface area contributed by atoms with E-state index in [1.807, 2.05) is 13.0 Å². The van der Waals surface area contributed by atoms with Crippen molar-refractivity contribution in [2.24, 2.45) is 23.7 Å². The molecule has 0 radical (unpaired) electrons. The van der Waals surface area contributed by atoms with Crippen LogP contribution in [0.1, 0.15) is 143 Å². The standard InChI is InChI=1S/C37H48F4O/c1-2-3-29-18-19-30(35(39)34(29)38)27-12-8-24(9-13-27)5-4-23-6-10-25(11-7-23)26-14-16-28(17-15-26)31-20-21-32(33-22-42-33)37(41)36(31)40/h18-21,23-28,33H,2-17,22H2,1H3. The summed E-state index contributed by atoms with van der Waals surface area (Å²) < 4.78 is 63.8. The van der Waals surface area contributed by atoms with Gasteiger partial charge in [-0.2, -0.15) is 0 Å². The van der Waals surface area contributed by atoms with Crippen LogP contribution in [0.4, 0.5) is 17.6 Å². The summed E-state index contributed by atoms with van der Waals surface area (Å²) in [5, 5.41) is 0. The van der Waals surface area contributed by atoms with E-state index in [-0.39, 0.29) is 17.9 Å². The monoisotopic (exact) mass is 584 g/mol. The highest BCUT2D eigenvalue weighted by Crippen LogP contribution is 2.46. The molecule has 1 heterocycles. The molecule has 2 aromatic rings. The summed E-state index contributed by atoms with van der Waals surface area (Å²) in [6.07, 6.45) is 17.4. The number of epoxide rings is 1. The van der Waals surface area contributed by atoms with Crippen LogP contribution in [0, 0.1) is 46.9 Å². The number of benzene rings is 2. The zero-order valence-electron chi connectivity index (χ0n) is 25.3. The number of hydrogen-bond donors (Lipinski definition) is 0. The van der Waals surface area contributed by atoms with E-state index >= 15 is 0 Å². The van der Waals surface area contributed by atoms with Crippen LogP contribution in [0.25, 0.3) is 0 Å². The lowest BCUT2D eigenvalue weighted by atomic mass is 9.67. The lowest BCUT2D eigenvalue weighted by molar-refractivity contribution is 0.150. The van der Waals surface area contributed by atoms with E-state index in [1.54, 1.807) is 18.2 Å². The number of hydrogen-bond acceptors (Lipinski definition) is 1. The Hall–Kier alpha value is -1.88. The smallest absolute Gasteiger partial charge is 0.165 e. The topological polar surface area (TPSA) is 12.5 Å². The van der Waals surface area contributed by atoms with Crippen LogP contribution in [0.2, 0.25) is 0 Å². The summed E-state index contributed by atoms with van der Waals surface area (Å²) in [6.45, 7) is 2.48. The molecule has 230 valence electrons. The first kappa shape index (κ1) is 30.2. The van der Waals surface area contributed by atoms with Gasteiger partial charge in [-0.3, -0.25) is 0 Å². The molecule has 4 fully saturated rings. The van der Waals surface area contributed by atoms with E-state index < -0.39 is 23.3 Å². The second-order valence-corrected chi connectivity index (χ2v) is 14.1. The second-order valence-electron chi connectivity index (χ2n) is 14.1. The third-order valence-corrected chi connectivity index (χ3v) is 11.6. The summed E-state index contributed by atoms with van der Waals surface area (Å²) in [4.78, 5) is 0. The Balaban J connectivity index is 0.905. The highest BCUT2D eigenvalue weighted by molar-refractivity contribution is 5.32. The SMILES string of the molecule is CCCc1ccc(C2CCC(CCC3CCC(C4CCC(c5ccc(C6CO6)c(F)c5F)CC4)CC3)CC2)c(F)c1F. The van der Waals surface area contributed by atoms with Gasteiger partial charge in [0.15, 0.2) is 23.3 Å². The molecule has 0 amide bonds. The first-order valence-corrected chi connectivity index (χ1v) is 17.0. The summed E-state index contributed by atoms with van der Waals surface area (Å²) >= 11 is 0. The van der Waals surface area contributed by atoms with Crippen LogP contribution in [0.3, 0.4) is 0 Å². The van der Waals surface area contributed by atoms with Gasteiger partial charge in [-0.15, -0.1) is 0 Å². The fourth-order valence-electron chi connectivity index (χ4n) is 8.84. The zero-order valence-corrected chi connectivity index (χ0v) is 25.3. The van der Waals surface area contributed by atoms with Gasteiger partial charge in [-0.25, -0.2) is 17.6 Å². The van der Waals surface area contributed by atoms with Gasteiger partial charge in [0.25, 0.3) is 0 Å². The zero-order chi connectivity index (χ0) is 29.2. The first-order valence-electron chi connectivity index (χ1n) is 17.0. The van der Waals surface area contributed by atoms with Gasteiger partial charge in [-0.1, -0.05) is 63.3 Å². The molecule has 0 spiro atoms. The Bertz CT molecular complexity index is 1200. The van der Waals surface area contributed by atoms with Crippen LogP contribution in [0.15, 0.2) is 24.3 Å². The van der Waals surface area contributed by atoms with Crippen molar-refractivity contribution in [1.82, 2.24) is 0 Å². The molecular formula is C37H48F4O. The van der Waals surface area contributed by atoms with Gasteiger partial charge in [0, 0.05) is 5.56 Å². The molecular weight excluding hydrogens is 536 g/mol. The maximum Gasteiger partial charge on any atom is 0.165 e. The summed E-state index contributed by atoms with van der Waals surface area (Å²) in [5.74, 6) is 0.756. The van der Waals surface area contributed by atoms with Crippen molar-refractivity contribution < 1.29 is 22.3 Å². The number of ether oxygens (including phenoxy) is 1. The number of halogens is 4. The predicted octanol–water partition coefficient (Wildman–Crippen LogP) is 11.1. The maximum atomic E-state index is 14.8. The first-order chi connectivity index (χ1) is 20.4. The van der Waals surface area contributed by atoms with Crippen molar-refractivity contribution in [2.45, 2.75) is 128 Å². The second kappa shape index (κ2) is 13.4. The summed E-state index contributed by atoms with van der Waals surface area (Å²) in [6, 6.07) is 7.19. The van der Waals surface area contributed by atoms with E-state index in [0.29, 0.717) is 35.3 Å². The molecule has 1 aliphatic heterocycles. The molecule has 5 heteroatoms. The third kappa shape index (κ3) is 6.61. The van der Waals surface area contributed by atoms with E-state index in [0.717, 1.165) is 81.5 Å². The molecule has 0 bridgehead atoms. The fraction of sp³-hybridized carbons (Fsp3) is 0.676. The molecule has 3 aliphatic carbocycles. The largest absolute Gasteiger partial charge is 0.368 e. The van der Waals surface area contributed by atoms with Crippen molar-refractivity contribution in [1.29, 1.82) is 0 Å². The van der Waals surface area contributed by atoms with Crippen LogP contribution < -0.4 is 0 Å². The molecule has 0 aromatic heterocycles. The Morgan fingerprint density at radius 3 is 1.55 bits per heavy atom. The van der Waals surface area contributed by atoms with Gasteiger partial charge in [0.05, 0.1) is 6.61 Å². The highest BCUT2D eigenvalue weighted by Gasteiger charge is 2.35. The Labute approximate surface area is 249 Å². The van der Waals surface area contributed by atoms with E-state index in [2.05, 4.69) is 0 Å². The molecule has 4 aliphatic rings. The summed E-state index contributed by atoms with van der Waals surface area (Å²) in [7, 11) is 0. The Kier molecular flexibility index (Phi) is 9.63. The quantitative estimate of drug-likeness (QED) is 0.211. The lowest BCUT2D eigenvalue weighted by Gasteiger charge is -2.38. The Morgan fingerprint density at radius 1 is 0.571 bits per heavy atom. The van der Waals surface area contributed by atoms with Crippen LogP contribution in [-0.2, 0) is 11.2 Å². The lowest BCUT2D eigenvalue weighted by Crippen LogP contribution is -2.26. The molecule has 3 saturated carbocycles. The van der Waals surface area contributed by atoms with Gasteiger partial charge in [-0.05, 0) is 123 Å². The average molecular weight is 585 g/mol. The van der Waals surface area contributed by atoms with Gasteiger partial charge in [0.1, 0.15) is 6.10 Å². The molecule has 0 N–H and O–H groups in total. The van der Waals surface area contributed by atoms with Crippen molar-refractivity contribution in [3.8, 4) is 0 Å². The Morgan fingerprint density at radius 2 is 1.00 bits per heavy atom. The maximum absolute atomic E-state index is 14.8. The molecule has 2 aromatic carbocycles. The number of rotatable bonds is 9. The fourth-order valence-corrected chi connectivity index (χ4v) is 8.84. The van der Waals surface area contributed by atoms with Crippen LogP contribution in [0.5, 0.6) is 0 Å². The highest BCUT2D eigenvalue weighted by atomic mass is 19.2. The van der Waals surface area contributed by atoms with Crippen LogP contribution in [-0.4, -0.2) is 6.61 Å². The molecule has 1 nitrogen and oxygen atoms in total. The van der Waals surface area contributed by atoms with E-state index in [4.69, 9.17) is 4.74 Å². The van der Waals surface area contributed by atoms with Crippen molar-refractivity contribution >= 4 is 0 Å². The van der Waals surface area contributed by atoms with E-state index in [1.165, 1.54) is 38.5 Å². The third-order valence-electron chi connectivity index (χ3n) is 11.6.